The molecule has 1 N–H and O–H groups in total. The summed E-state index contributed by atoms with van der Waals surface area (Å²) in [7, 11) is 0. The number of hydrogen-bond acceptors (Lipinski definition) is 3. The number of ether oxygens (including phenoxy) is 1. The average Bonchev–Trinajstić information content (AvgIpc) is 2.47. The number of carbonyl (C=O) groups excluding carboxylic acids is 2. The van der Waals surface area contributed by atoms with Gasteiger partial charge in [-0.25, -0.2) is 4.79 Å². The van der Waals surface area contributed by atoms with Crippen molar-refractivity contribution in [2.75, 3.05) is 5.32 Å². The van der Waals surface area contributed by atoms with E-state index in [4.69, 9.17) is 16.3 Å². The van der Waals surface area contributed by atoms with Gasteiger partial charge in [-0.05, 0) is 51.0 Å². The van der Waals surface area contributed by atoms with Crippen LogP contribution in [0.15, 0.2) is 24.3 Å². The average molecular weight is 308 g/mol. The van der Waals surface area contributed by atoms with Crippen LogP contribution in [0.2, 0.25) is 5.02 Å². The molecule has 0 saturated heterocycles. The SMILES string of the molecule is CC(C)(C)OC(=O)/C=C1\CCC(=O)Nc2ccc(Cl)cc21. The van der Waals surface area contributed by atoms with E-state index in [-0.39, 0.29) is 5.91 Å². The highest BCUT2D eigenvalue weighted by atomic mass is 35.5. The fourth-order valence-corrected chi connectivity index (χ4v) is 2.28. The van der Waals surface area contributed by atoms with Gasteiger partial charge in [-0.3, -0.25) is 4.79 Å². The zero-order valence-corrected chi connectivity index (χ0v) is 13.1. The predicted molar refractivity (Wildman–Crippen MR) is 83.1 cm³/mol. The second kappa shape index (κ2) is 5.90. The van der Waals surface area contributed by atoms with Gasteiger partial charge in [0, 0.05) is 28.8 Å². The molecule has 1 aromatic rings. The number of rotatable bonds is 1. The van der Waals surface area contributed by atoms with Gasteiger partial charge in [0.2, 0.25) is 5.91 Å². The summed E-state index contributed by atoms with van der Waals surface area (Å²) in [6, 6.07) is 5.19. The molecule has 2 rings (SSSR count). The Hall–Kier alpha value is -1.81. The zero-order valence-electron chi connectivity index (χ0n) is 12.3. The molecule has 1 amide bonds. The van der Waals surface area contributed by atoms with E-state index in [0.29, 0.717) is 23.6 Å². The van der Waals surface area contributed by atoms with Gasteiger partial charge in [0.1, 0.15) is 5.60 Å². The lowest BCUT2D eigenvalue weighted by atomic mass is 10.0. The normalized spacial score (nSPS) is 17.0. The maximum absolute atomic E-state index is 12.0. The van der Waals surface area contributed by atoms with Crippen molar-refractivity contribution in [1.29, 1.82) is 0 Å². The molecule has 5 heteroatoms. The second-order valence-electron chi connectivity index (χ2n) is 5.94. The van der Waals surface area contributed by atoms with Crippen LogP contribution < -0.4 is 5.32 Å². The summed E-state index contributed by atoms with van der Waals surface area (Å²) in [5.41, 5.74) is 1.63. The van der Waals surface area contributed by atoms with Crippen LogP contribution in [0, 0.1) is 0 Å². The summed E-state index contributed by atoms with van der Waals surface area (Å²) in [6.07, 6.45) is 2.24. The molecule has 0 fully saturated rings. The van der Waals surface area contributed by atoms with E-state index in [2.05, 4.69) is 5.32 Å². The minimum Gasteiger partial charge on any atom is -0.457 e. The number of allylic oxidation sites excluding steroid dienone is 1. The summed E-state index contributed by atoms with van der Waals surface area (Å²) >= 11 is 6.02. The maximum Gasteiger partial charge on any atom is 0.331 e. The third-order valence-corrected chi connectivity index (χ3v) is 3.16. The van der Waals surface area contributed by atoms with Crippen molar-refractivity contribution in [3.63, 3.8) is 0 Å². The molecule has 0 aromatic heterocycles. The first-order valence-corrected chi connectivity index (χ1v) is 7.16. The largest absolute Gasteiger partial charge is 0.457 e. The molecule has 0 radical (unpaired) electrons. The van der Waals surface area contributed by atoms with Gasteiger partial charge in [-0.1, -0.05) is 11.6 Å². The summed E-state index contributed by atoms with van der Waals surface area (Å²) < 4.78 is 5.30. The van der Waals surface area contributed by atoms with Crippen LogP contribution in [-0.4, -0.2) is 17.5 Å². The Morgan fingerprint density at radius 2 is 2.05 bits per heavy atom. The molecule has 0 unspecified atom stereocenters. The monoisotopic (exact) mass is 307 g/mol. The molecule has 1 aliphatic heterocycles. The van der Waals surface area contributed by atoms with Gasteiger partial charge in [0.15, 0.2) is 0 Å². The Bertz CT molecular complexity index is 614. The van der Waals surface area contributed by atoms with E-state index >= 15 is 0 Å². The van der Waals surface area contributed by atoms with E-state index in [0.717, 1.165) is 11.1 Å². The van der Waals surface area contributed by atoms with E-state index in [9.17, 15) is 9.59 Å². The standard InChI is InChI=1S/C16H18ClNO3/c1-16(2,3)21-15(20)8-10-4-7-14(19)18-13-6-5-11(17)9-12(10)13/h5-6,8-9H,4,7H2,1-3H3,(H,18,19)/b10-8+. The minimum atomic E-state index is -0.551. The quantitative estimate of drug-likeness (QED) is 0.634. The van der Waals surface area contributed by atoms with Crippen molar-refractivity contribution in [2.45, 2.75) is 39.2 Å². The first-order chi connectivity index (χ1) is 9.74. The Morgan fingerprint density at radius 1 is 1.33 bits per heavy atom. The summed E-state index contributed by atoms with van der Waals surface area (Å²) in [5.74, 6) is -0.496. The molecule has 112 valence electrons. The van der Waals surface area contributed by atoms with Gasteiger partial charge in [0.25, 0.3) is 0 Å². The smallest absolute Gasteiger partial charge is 0.331 e. The Morgan fingerprint density at radius 3 is 2.71 bits per heavy atom. The molecule has 1 aliphatic rings. The highest BCUT2D eigenvalue weighted by Crippen LogP contribution is 2.33. The third kappa shape index (κ3) is 4.33. The van der Waals surface area contributed by atoms with Gasteiger partial charge in [-0.15, -0.1) is 0 Å². The van der Waals surface area contributed by atoms with Crippen LogP contribution in [0.25, 0.3) is 5.57 Å². The third-order valence-electron chi connectivity index (χ3n) is 2.92. The fourth-order valence-electron chi connectivity index (χ4n) is 2.11. The number of fused-ring (bicyclic) bond motifs is 1. The molecule has 0 saturated carbocycles. The van der Waals surface area contributed by atoms with Crippen molar-refractivity contribution in [1.82, 2.24) is 0 Å². The van der Waals surface area contributed by atoms with E-state index in [1.807, 2.05) is 20.8 Å². The van der Waals surface area contributed by atoms with Crippen molar-refractivity contribution >= 4 is 34.7 Å². The fraction of sp³-hybridized carbons (Fsp3) is 0.375. The van der Waals surface area contributed by atoms with E-state index in [1.54, 1.807) is 18.2 Å². The number of halogens is 1. The van der Waals surface area contributed by atoms with Crippen molar-refractivity contribution in [3.05, 3.63) is 34.9 Å². The van der Waals surface area contributed by atoms with Crippen LogP contribution >= 0.6 is 11.6 Å². The highest BCUT2D eigenvalue weighted by Gasteiger charge is 2.20. The lowest BCUT2D eigenvalue weighted by Gasteiger charge is -2.18. The number of nitrogens with one attached hydrogen (secondary N) is 1. The first-order valence-electron chi connectivity index (χ1n) is 6.78. The molecule has 0 bridgehead atoms. The van der Waals surface area contributed by atoms with Crippen LogP contribution in [0.4, 0.5) is 5.69 Å². The number of amides is 1. The highest BCUT2D eigenvalue weighted by molar-refractivity contribution is 6.31. The van der Waals surface area contributed by atoms with Crippen LogP contribution in [0.5, 0.6) is 0 Å². The topological polar surface area (TPSA) is 55.4 Å². The number of carbonyl (C=O) groups is 2. The summed E-state index contributed by atoms with van der Waals surface area (Å²) in [4.78, 5) is 23.7. The van der Waals surface area contributed by atoms with Gasteiger partial charge < -0.3 is 10.1 Å². The van der Waals surface area contributed by atoms with Gasteiger partial charge >= 0.3 is 5.97 Å². The van der Waals surface area contributed by atoms with Gasteiger partial charge in [-0.2, -0.15) is 0 Å². The summed E-state index contributed by atoms with van der Waals surface area (Å²) in [5, 5.41) is 3.37. The molecule has 1 aromatic carbocycles. The van der Waals surface area contributed by atoms with Crippen molar-refractivity contribution in [2.24, 2.45) is 0 Å². The predicted octanol–water partition coefficient (Wildman–Crippen LogP) is 3.80. The van der Waals surface area contributed by atoms with E-state index in [1.165, 1.54) is 6.08 Å². The Kier molecular flexibility index (Phi) is 4.37. The molecule has 1 heterocycles. The molecular formula is C16H18ClNO3. The van der Waals surface area contributed by atoms with Crippen molar-refractivity contribution < 1.29 is 14.3 Å². The van der Waals surface area contributed by atoms with Crippen LogP contribution in [0.1, 0.15) is 39.2 Å². The Balaban J connectivity index is 2.38. The minimum absolute atomic E-state index is 0.0776. The number of anilines is 1. The number of benzene rings is 1. The molecule has 0 spiro atoms. The van der Waals surface area contributed by atoms with E-state index < -0.39 is 11.6 Å². The second-order valence-corrected chi connectivity index (χ2v) is 6.38. The zero-order chi connectivity index (χ0) is 15.6. The summed E-state index contributed by atoms with van der Waals surface area (Å²) in [6.45, 7) is 5.44. The molecule has 0 atom stereocenters. The number of hydrogen-bond donors (Lipinski definition) is 1. The van der Waals surface area contributed by atoms with Crippen LogP contribution in [0.3, 0.4) is 0 Å². The first kappa shape index (κ1) is 15.6. The lowest BCUT2D eigenvalue weighted by molar-refractivity contribution is -0.148. The van der Waals surface area contributed by atoms with Crippen molar-refractivity contribution in [3.8, 4) is 0 Å². The molecule has 21 heavy (non-hydrogen) atoms. The molecular weight excluding hydrogens is 290 g/mol. The van der Waals surface area contributed by atoms with Gasteiger partial charge in [0.05, 0.1) is 0 Å². The molecule has 4 nitrogen and oxygen atoms in total. The lowest BCUT2D eigenvalue weighted by Crippen LogP contribution is -2.22. The number of esters is 1. The Labute approximate surface area is 129 Å². The maximum atomic E-state index is 12.0. The van der Waals surface area contributed by atoms with Crippen LogP contribution in [-0.2, 0) is 14.3 Å². The molecule has 0 aliphatic carbocycles.